The van der Waals surface area contributed by atoms with Crippen LogP contribution in [-0.2, 0) is 27.1 Å². The van der Waals surface area contributed by atoms with Gasteiger partial charge in [-0.2, -0.15) is 0 Å². The number of benzene rings is 1. The highest BCUT2D eigenvalue weighted by atomic mass is 32.2. The van der Waals surface area contributed by atoms with Crippen LogP contribution in [0.3, 0.4) is 0 Å². The van der Waals surface area contributed by atoms with Crippen LogP contribution < -0.4 is 10.5 Å². The Balaban J connectivity index is 2.04. The van der Waals surface area contributed by atoms with E-state index in [-0.39, 0.29) is 17.7 Å². The molecule has 1 aromatic rings. The second-order valence-corrected chi connectivity index (χ2v) is 7.11. The summed E-state index contributed by atoms with van der Waals surface area (Å²) in [6, 6.07) is 7.03. The third-order valence-corrected chi connectivity index (χ3v) is 5.04. The molecule has 1 saturated heterocycles. The Hall–Kier alpha value is -1.44. The van der Waals surface area contributed by atoms with Crippen LogP contribution in [0.5, 0.6) is 0 Å². The number of amides is 1. The molecule has 7 heteroatoms. The second-order valence-electron chi connectivity index (χ2n) is 5.36. The van der Waals surface area contributed by atoms with Gasteiger partial charge in [0.25, 0.3) is 0 Å². The number of rotatable bonds is 5. The highest BCUT2D eigenvalue weighted by Crippen LogP contribution is 2.14. The number of nitrogens with zero attached hydrogens (tertiary/aromatic N) is 1. The summed E-state index contributed by atoms with van der Waals surface area (Å²) >= 11 is 0. The predicted octanol–water partition coefficient (Wildman–Crippen LogP) is 0.186. The van der Waals surface area contributed by atoms with E-state index in [1.54, 1.807) is 24.1 Å². The van der Waals surface area contributed by atoms with Crippen molar-refractivity contribution in [3.05, 3.63) is 35.4 Å². The van der Waals surface area contributed by atoms with Crippen molar-refractivity contribution in [2.75, 3.05) is 13.6 Å². The molecule has 3 N–H and O–H groups in total. The van der Waals surface area contributed by atoms with Crippen molar-refractivity contribution in [2.24, 2.45) is 5.73 Å². The molecule has 1 amide bonds. The predicted molar refractivity (Wildman–Crippen MR) is 80.8 cm³/mol. The lowest BCUT2D eigenvalue weighted by Gasteiger charge is -2.30. The van der Waals surface area contributed by atoms with Gasteiger partial charge in [-0.15, -0.1) is 0 Å². The topological polar surface area (TPSA) is 92.5 Å². The SMILES string of the molecule is CN1CC(NS(=O)(=O)Cc2ccccc2CN)CCC1=O. The van der Waals surface area contributed by atoms with Crippen LogP contribution in [0.15, 0.2) is 24.3 Å². The normalized spacial score (nSPS) is 19.8. The smallest absolute Gasteiger partial charge is 0.222 e. The van der Waals surface area contributed by atoms with Crippen LogP contribution in [0, 0.1) is 0 Å². The molecule has 116 valence electrons. The van der Waals surface area contributed by atoms with E-state index < -0.39 is 10.0 Å². The number of carbonyl (C=O) groups is 1. The molecule has 1 fully saturated rings. The monoisotopic (exact) mass is 311 g/mol. The molecule has 1 unspecified atom stereocenters. The molecule has 1 heterocycles. The van der Waals surface area contributed by atoms with Gasteiger partial charge in [0.05, 0.1) is 5.75 Å². The summed E-state index contributed by atoms with van der Waals surface area (Å²) in [5.41, 5.74) is 7.18. The van der Waals surface area contributed by atoms with Crippen LogP contribution in [0.1, 0.15) is 24.0 Å². The van der Waals surface area contributed by atoms with E-state index in [0.29, 0.717) is 31.5 Å². The average molecular weight is 311 g/mol. The molecule has 0 saturated carbocycles. The van der Waals surface area contributed by atoms with Gasteiger partial charge in [-0.05, 0) is 17.5 Å². The number of likely N-dealkylation sites (tertiary alicyclic amines) is 1. The number of hydrogen-bond donors (Lipinski definition) is 2. The molecule has 21 heavy (non-hydrogen) atoms. The van der Waals surface area contributed by atoms with E-state index in [1.165, 1.54) is 0 Å². The summed E-state index contributed by atoms with van der Waals surface area (Å²) in [6.07, 6.45) is 0.921. The zero-order valence-corrected chi connectivity index (χ0v) is 12.9. The zero-order valence-electron chi connectivity index (χ0n) is 12.1. The summed E-state index contributed by atoms with van der Waals surface area (Å²) in [7, 11) is -1.76. The largest absolute Gasteiger partial charge is 0.344 e. The first-order valence-corrected chi connectivity index (χ1v) is 8.57. The molecular weight excluding hydrogens is 290 g/mol. The highest BCUT2D eigenvalue weighted by Gasteiger charge is 2.26. The molecule has 0 aromatic heterocycles. The molecule has 2 rings (SSSR count). The number of nitrogens with one attached hydrogen (secondary N) is 1. The van der Waals surface area contributed by atoms with Gasteiger partial charge in [-0.1, -0.05) is 24.3 Å². The van der Waals surface area contributed by atoms with E-state index >= 15 is 0 Å². The van der Waals surface area contributed by atoms with Gasteiger partial charge in [-0.3, -0.25) is 4.79 Å². The first kappa shape index (κ1) is 15.9. The molecule has 1 atom stereocenters. The molecule has 1 aromatic carbocycles. The molecular formula is C14H21N3O3S. The number of likely N-dealkylation sites (N-methyl/N-ethyl adjacent to an activating group) is 1. The Morgan fingerprint density at radius 2 is 2.00 bits per heavy atom. The van der Waals surface area contributed by atoms with Gasteiger partial charge in [0.15, 0.2) is 0 Å². The Labute approximate surface area is 125 Å². The molecule has 0 bridgehead atoms. The van der Waals surface area contributed by atoms with Crippen molar-refractivity contribution in [3.63, 3.8) is 0 Å². The molecule has 0 spiro atoms. The molecule has 0 radical (unpaired) electrons. The van der Waals surface area contributed by atoms with Gasteiger partial charge in [0.1, 0.15) is 0 Å². The first-order chi connectivity index (χ1) is 9.91. The maximum atomic E-state index is 12.3. The van der Waals surface area contributed by atoms with Crippen molar-refractivity contribution in [2.45, 2.75) is 31.2 Å². The number of hydrogen-bond acceptors (Lipinski definition) is 4. The van der Waals surface area contributed by atoms with Crippen molar-refractivity contribution in [3.8, 4) is 0 Å². The minimum absolute atomic E-state index is 0.0546. The minimum atomic E-state index is -3.45. The first-order valence-electron chi connectivity index (χ1n) is 6.92. The third kappa shape index (κ3) is 4.26. The van der Waals surface area contributed by atoms with E-state index in [9.17, 15) is 13.2 Å². The Morgan fingerprint density at radius 3 is 2.62 bits per heavy atom. The van der Waals surface area contributed by atoms with Crippen molar-refractivity contribution in [1.29, 1.82) is 0 Å². The standard InChI is InChI=1S/C14H21N3O3S/c1-17-9-13(6-7-14(17)18)16-21(19,20)10-12-5-3-2-4-11(12)8-15/h2-5,13,16H,6-10,15H2,1H3. The number of nitrogens with two attached hydrogens (primary N) is 1. The van der Waals surface area contributed by atoms with Gasteiger partial charge < -0.3 is 10.6 Å². The summed E-state index contributed by atoms with van der Waals surface area (Å²) < 4.78 is 27.2. The van der Waals surface area contributed by atoms with Crippen LogP contribution >= 0.6 is 0 Å². The number of carbonyl (C=O) groups excluding carboxylic acids is 1. The molecule has 0 aliphatic carbocycles. The second kappa shape index (κ2) is 6.55. The van der Waals surface area contributed by atoms with Crippen LogP contribution in [0.2, 0.25) is 0 Å². The van der Waals surface area contributed by atoms with Crippen molar-refractivity contribution in [1.82, 2.24) is 9.62 Å². The van der Waals surface area contributed by atoms with Gasteiger partial charge in [-0.25, -0.2) is 13.1 Å². The highest BCUT2D eigenvalue weighted by molar-refractivity contribution is 7.88. The summed E-state index contributed by atoms with van der Waals surface area (Å²) in [6.45, 7) is 0.725. The van der Waals surface area contributed by atoms with Gasteiger partial charge in [0.2, 0.25) is 15.9 Å². The lowest BCUT2D eigenvalue weighted by molar-refractivity contribution is -0.132. The Morgan fingerprint density at radius 1 is 1.33 bits per heavy atom. The van der Waals surface area contributed by atoms with E-state index in [4.69, 9.17) is 5.73 Å². The van der Waals surface area contributed by atoms with Crippen molar-refractivity contribution >= 4 is 15.9 Å². The van der Waals surface area contributed by atoms with E-state index in [0.717, 1.165) is 5.56 Å². The van der Waals surface area contributed by atoms with Gasteiger partial charge >= 0.3 is 0 Å². The maximum absolute atomic E-state index is 12.3. The molecule has 1 aliphatic rings. The Kier molecular flexibility index (Phi) is 4.97. The fraction of sp³-hybridized carbons (Fsp3) is 0.500. The lowest BCUT2D eigenvalue weighted by atomic mass is 10.1. The molecule has 1 aliphatic heterocycles. The van der Waals surface area contributed by atoms with Crippen LogP contribution in [0.25, 0.3) is 0 Å². The zero-order chi connectivity index (χ0) is 15.5. The average Bonchev–Trinajstić information content (AvgIpc) is 2.43. The quantitative estimate of drug-likeness (QED) is 0.811. The summed E-state index contributed by atoms with van der Waals surface area (Å²) in [4.78, 5) is 13.0. The lowest BCUT2D eigenvalue weighted by Crippen LogP contribution is -2.48. The molecule has 6 nitrogen and oxygen atoms in total. The third-order valence-electron chi connectivity index (χ3n) is 3.66. The van der Waals surface area contributed by atoms with E-state index in [2.05, 4.69) is 4.72 Å². The van der Waals surface area contributed by atoms with Crippen LogP contribution in [-0.4, -0.2) is 38.9 Å². The fourth-order valence-electron chi connectivity index (χ4n) is 2.51. The maximum Gasteiger partial charge on any atom is 0.222 e. The van der Waals surface area contributed by atoms with Crippen molar-refractivity contribution < 1.29 is 13.2 Å². The fourth-order valence-corrected chi connectivity index (χ4v) is 3.98. The number of piperidine rings is 1. The Bertz CT molecular complexity index is 616. The van der Waals surface area contributed by atoms with E-state index in [1.807, 2.05) is 12.1 Å². The summed E-state index contributed by atoms with van der Waals surface area (Å²) in [5.74, 6) is -0.0342. The van der Waals surface area contributed by atoms with Crippen LogP contribution in [0.4, 0.5) is 0 Å². The minimum Gasteiger partial charge on any atom is -0.344 e. The summed E-state index contributed by atoms with van der Waals surface area (Å²) in [5, 5.41) is 0. The van der Waals surface area contributed by atoms with Gasteiger partial charge in [0, 0.05) is 32.6 Å². The number of sulfonamides is 1.